The summed E-state index contributed by atoms with van der Waals surface area (Å²) in [5, 5.41) is 7.56. The van der Waals surface area contributed by atoms with Crippen molar-refractivity contribution in [2.24, 2.45) is 7.05 Å². The van der Waals surface area contributed by atoms with E-state index in [0.29, 0.717) is 18.5 Å². The summed E-state index contributed by atoms with van der Waals surface area (Å²) in [6, 6.07) is 18.1. The number of hydrogen-bond donors (Lipinski definition) is 1. The lowest BCUT2D eigenvalue weighted by atomic mass is 10.1. The molecule has 0 aliphatic heterocycles. The lowest BCUT2D eigenvalue weighted by molar-refractivity contribution is -0.121. The van der Waals surface area contributed by atoms with Crippen LogP contribution in [0.25, 0.3) is 16.9 Å². The molecule has 1 amide bonds. The van der Waals surface area contributed by atoms with Crippen LogP contribution in [0.4, 0.5) is 0 Å². The molecule has 0 radical (unpaired) electrons. The molecule has 33 heavy (non-hydrogen) atoms. The molecule has 0 saturated carbocycles. The van der Waals surface area contributed by atoms with E-state index in [2.05, 4.69) is 10.4 Å². The molecule has 4 aromatic rings. The Morgan fingerprint density at radius 3 is 2.52 bits per heavy atom. The highest BCUT2D eigenvalue weighted by atomic mass is 32.2. The fourth-order valence-electron chi connectivity index (χ4n) is 3.97. The second kappa shape index (κ2) is 9.67. The SMILES string of the molecule is CSc1ccc(CNC(=O)CCc2c(C)n(C)c3cc(-c4ccccc4C)nn3c2=O)cc1. The van der Waals surface area contributed by atoms with E-state index in [4.69, 9.17) is 0 Å². The van der Waals surface area contributed by atoms with Gasteiger partial charge in [0.15, 0.2) is 0 Å². The van der Waals surface area contributed by atoms with Gasteiger partial charge in [-0.15, -0.1) is 11.8 Å². The zero-order chi connectivity index (χ0) is 23.5. The smallest absolute Gasteiger partial charge is 0.277 e. The summed E-state index contributed by atoms with van der Waals surface area (Å²) >= 11 is 1.69. The Bertz CT molecular complexity index is 1370. The minimum absolute atomic E-state index is 0.0773. The summed E-state index contributed by atoms with van der Waals surface area (Å²) in [6.07, 6.45) is 2.65. The highest BCUT2D eigenvalue weighted by Gasteiger charge is 2.17. The molecule has 0 spiro atoms. The maximum atomic E-state index is 13.2. The molecule has 4 rings (SSSR count). The molecule has 0 atom stereocenters. The molecule has 6 nitrogen and oxygen atoms in total. The van der Waals surface area contributed by atoms with Crippen LogP contribution in [0.3, 0.4) is 0 Å². The number of aryl methyl sites for hydroxylation is 2. The van der Waals surface area contributed by atoms with Gasteiger partial charge in [-0.25, -0.2) is 0 Å². The van der Waals surface area contributed by atoms with Gasteiger partial charge in [0.2, 0.25) is 5.91 Å². The number of nitrogens with one attached hydrogen (secondary N) is 1. The van der Waals surface area contributed by atoms with E-state index in [1.807, 2.05) is 86.3 Å². The van der Waals surface area contributed by atoms with E-state index in [9.17, 15) is 9.59 Å². The van der Waals surface area contributed by atoms with Crippen molar-refractivity contribution < 1.29 is 4.79 Å². The maximum absolute atomic E-state index is 13.2. The second-order valence-electron chi connectivity index (χ2n) is 8.17. The Labute approximate surface area is 197 Å². The van der Waals surface area contributed by atoms with Crippen LogP contribution in [0.15, 0.2) is 64.3 Å². The van der Waals surface area contributed by atoms with Gasteiger partial charge in [-0.05, 0) is 49.8 Å². The first-order valence-electron chi connectivity index (χ1n) is 10.9. The molecule has 1 N–H and O–H groups in total. The monoisotopic (exact) mass is 460 g/mol. The molecule has 0 saturated heterocycles. The minimum atomic E-state index is -0.166. The summed E-state index contributed by atoms with van der Waals surface area (Å²) in [5.41, 5.74) is 5.96. The number of carbonyl (C=O) groups is 1. The number of carbonyl (C=O) groups excluding carboxylic acids is 1. The van der Waals surface area contributed by atoms with Crippen molar-refractivity contribution in [1.29, 1.82) is 0 Å². The van der Waals surface area contributed by atoms with Crippen molar-refractivity contribution in [3.8, 4) is 11.3 Å². The van der Waals surface area contributed by atoms with Crippen LogP contribution >= 0.6 is 11.8 Å². The quantitative estimate of drug-likeness (QED) is 0.418. The van der Waals surface area contributed by atoms with E-state index in [-0.39, 0.29) is 17.9 Å². The number of amides is 1. The Hall–Kier alpha value is -3.32. The summed E-state index contributed by atoms with van der Waals surface area (Å²) in [7, 11) is 1.93. The molecule has 0 fully saturated rings. The lowest BCUT2D eigenvalue weighted by Gasteiger charge is -2.12. The number of aromatic nitrogens is 3. The first-order valence-corrected chi connectivity index (χ1v) is 12.2. The molecular formula is C26H28N4O2S. The lowest BCUT2D eigenvalue weighted by Crippen LogP contribution is -2.27. The largest absolute Gasteiger partial charge is 0.352 e. The van der Waals surface area contributed by atoms with Crippen molar-refractivity contribution in [1.82, 2.24) is 19.5 Å². The van der Waals surface area contributed by atoms with Crippen LogP contribution in [0.2, 0.25) is 0 Å². The summed E-state index contributed by atoms with van der Waals surface area (Å²) in [5.74, 6) is -0.0773. The van der Waals surface area contributed by atoms with Gasteiger partial charge in [-0.3, -0.25) is 9.59 Å². The van der Waals surface area contributed by atoms with Gasteiger partial charge >= 0.3 is 0 Å². The normalized spacial score (nSPS) is 11.2. The number of rotatable bonds is 7. The van der Waals surface area contributed by atoms with Crippen molar-refractivity contribution >= 4 is 23.3 Å². The summed E-state index contributed by atoms with van der Waals surface area (Å²) in [6.45, 7) is 4.43. The molecule has 0 aliphatic carbocycles. The van der Waals surface area contributed by atoms with Crippen molar-refractivity contribution in [3.05, 3.63) is 87.3 Å². The van der Waals surface area contributed by atoms with Gasteiger partial charge in [-0.2, -0.15) is 9.61 Å². The maximum Gasteiger partial charge on any atom is 0.277 e. The highest BCUT2D eigenvalue weighted by molar-refractivity contribution is 7.98. The number of hydrogen-bond acceptors (Lipinski definition) is 4. The Balaban J connectivity index is 1.52. The number of thioether (sulfide) groups is 1. The van der Waals surface area contributed by atoms with Crippen molar-refractivity contribution in [3.63, 3.8) is 0 Å². The highest BCUT2D eigenvalue weighted by Crippen LogP contribution is 2.23. The predicted molar refractivity (Wildman–Crippen MR) is 134 cm³/mol. The van der Waals surface area contributed by atoms with E-state index < -0.39 is 0 Å². The molecule has 2 aromatic heterocycles. The minimum Gasteiger partial charge on any atom is -0.352 e. The zero-order valence-electron chi connectivity index (χ0n) is 19.4. The first-order chi connectivity index (χ1) is 15.9. The van der Waals surface area contributed by atoms with Gasteiger partial charge in [0.05, 0.1) is 5.69 Å². The van der Waals surface area contributed by atoms with E-state index >= 15 is 0 Å². The van der Waals surface area contributed by atoms with Crippen LogP contribution < -0.4 is 10.9 Å². The molecule has 7 heteroatoms. The fraction of sp³-hybridized carbons (Fsp3) is 0.269. The number of benzene rings is 2. The third kappa shape index (κ3) is 4.73. The standard InChI is InChI=1S/C26H28N4O2S/c1-17-7-5-6-8-21(17)23-15-25-29(3)18(2)22(26(32)30(25)28-23)13-14-24(31)27-16-19-9-11-20(33-4)12-10-19/h5-12,15H,13-14,16H2,1-4H3,(H,27,31). The van der Waals surface area contributed by atoms with Crippen LogP contribution in [0.5, 0.6) is 0 Å². The summed E-state index contributed by atoms with van der Waals surface area (Å²) < 4.78 is 3.42. The van der Waals surface area contributed by atoms with E-state index in [1.54, 1.807) is 11.8 Å². The first kappa shape index (κ1) is 22.9. The van der Waals surface area contributed by atoms with Gasteiger partial charge in [0.1, 0.15) is 5.65 Å². The fourth-order valence-corrected chi connectivity index (χ4v) is 4.38. The Kier molecular flexibility index (Phi) is 6.70. The molecule has 0 unspecified atom stereocenters. The third-order valence-electron chi connectivity index (χ3n) is 6.10. The van der Waals surface area contributed by atoms with Gasteiger partial charge in [0.25, 0.3) is 5.56 Å². The topological polar surface area (TPSA) is 68.4 Å². The Morgan fingerprint density at radius 1 is 1.09 bits per heavy atom. The number of fused-ring (bicyclic) bond motifs is 1. The van der Waals surface area contributed by atoms with Crippen molar-refractivity contribution in [2.75, 3.05) is 6.26 Å². The van der Waals surface area contributed by atoms with Crippen molar-refractivity contribution in [2.45, 2.75) is 38.1 Å². The molecule has 2 heterocycles. The zero-order valence-corrected chi connectivity index (χ0v) is 20.2. The van der Waals surface area contributed by atoms with E-state index in [0.717, 1.165) is 33.7 Å². The van der Waals surface area contributed by atoms with Crippen LogP contribution in [0, 0.1) is 13.8 Å². The molecular weight excluding hydrogens is 432 g/mol. The average Bonchev–Trinajstić information content (AvgIpc) is 3.27. The Morgan fingerprint density at radius 2 is 1.82 bits per heavy atom. The summed E-state index contributed by atoms with van der Waals surface area (Å²) in [4.78, 5) is 26.9. The third-order valence-corrected chi connectivity index (χ3v) is 6.84. The van der Waals surface area contributed by atoms with E-state index in [1.165, 1.54) is 9.41 Å². The predicted octanol–water partition coefficient (Wildman–Crippen LogP) is 4.29. The molecule has 170 valence electrons. The number of nitrogens with zero attached hydrogens (tertiary/aromatic N) is 3. The van der Waals surface area contributed by atoms with Crippen LogP contribution in [-0.2, 0) is 24.8 Å². The molecule has 2 aromatic carbocycles. The molecule has 0 aliphatic rings. The van der Waals surface area contributed by atoms with Gasteiger partial charge in [-0.1, -0.05) is 36.4 Å². The van der Waals surface area contributed by atoms with Gasteiger partial charge < -0.3 is 9.88 Å². The second-order valence-corrected chi connectivity index (χ2v) is 9.05. The molecule has 0 bridgehead atoms. The van der Waals surface area contributed by atoms with Crippen LogP contribution in [-0.4, -0.2) is 26.3 Å². The van der Waals surface area contributed by atoms with Crippen LogP contribution in [0.1, 0.15) is 28.8 Å². The van der Waals surface area contributed by atoms with Gasteiger partial charge in [0, 0.05) is 47.8 Å². The average molecular weight is 461 g/mol.